The van der Waals surface area contributed by atoms with Gasteiger partial charge in [-0.2, -0.15) is 0 Å². The number of nitrogens with zero attached hydrogens (tertiary/aromatic N) is 1. The number of esters is 2. The van der Waals surface area contributed by atoms with Crippen molar-refractivity contribution in [3.05, 3.63) is 41.0 Å². The fraction of sp³-hybridized carbons (Fsp3) is 0.571. The highest BCUT2D eigenvalue weighted by Gasteiger charge is 2.41. The van der Waals surface area contributed by atoms with Crippen LogP contribution in [0.3, 0.4) is 0 Å². The van der Waals surface area contributed by atoms with Gasteiger partial charge < -0.3 is 24.4 Å². The molecule has 32 heavy (non-hydrogen) atoms. The smallest absolute Gasteiger partial charge is 0.323 e. The van der Waals surface area contributed by atoms with Gasteiger partial charge >= 0.3 is 11.9 Å². The number of nitrogens with one attached hydrogen (secondary N) is 2. The lowest BCUT2D eigenvalue weighted by Gasteiger charge is -2.50. The second kappa shape index (κ2) is 11.6. The standard InChI is InChI=1S/C21H32N3O7P/c1-15(20(27)30-13-11-16-8-6-5-7-9-16)24-32(28)23-14-21(2,3)18(31-32)19(26)22-12-10-17(25)29-4/h5-9,15,18H,10-14H2,1-4H3,(H3,22,23,24,26,28)/p-1/t15-,18-,32?/m0/s1. The molecule has 1 heterocycles. The number of hydrogen-bond acceptors (Lipinski definition) is 7. The lowest BCUT2D eigenvalue weighted by atomic mass is 9.86. The van der Waals surface area contributed by atoms with Gasteiger partial charge in [-0.15, -0.1) is 6.54 Å². The number of hydrogen-bond donors (Lipinski definition) is 2. The highest BCUT2D eigenvalue weighted by molar-refractivity contribution is 7.60. The first-order valence-electron chi connectivity index (χ1n) is 10.4. The fourth-order valence-electron chi connectivity index (χ4n) is 2.97. The summed E-state index contributed by atoms with van der Waals surface area (Å²) in [5.74, 6) is -1.58. The van der Waals surface area contributed by atoms with E-state index in [1.165, 1.54) is 14.0 Å². The number of benzene rings is 1. The minimum atomic E-state index is -3.84. The first-order chi connectivity index (χ1) is 15.1. The fourth-order valence-corrected chi connectivity index (χ4v) is 4.99. The predicted octanol–water partition coefficient (Wildman–Crippen LogP) is 2.34. The number of carbonyl (C=O) groups is 3. The average Bonchev–Trinajstić information content (AvgIpc) is 2.76. The van der Waals surface area contributed by atoms with Crippen LogP contribution in [0.15, 0.2) is 30.3 Å². The number of carbonyl (C=O) groups excluding carboxylic acids is 3. The normalized spacial score (nSPS) is 23.1. The van der Waals surface area contributed by atoms with Gasteiger partial charge in [0, 0.05) is 13.0 Å². The van der Waals surface area contributed by atoms with Crippen LogP contribution in [-0.2, 0) is 39.4 Å². The van der Waals surface area contributed by atoms with E-state index in [1.54, 1.807) is 13.8 Å². The molecule has 2 N–H and O–H groups in total. The third kappa shape index (κ3) is 7.70. The van der Waals surface area contributed by atoms with Crippen molar-refractivity contribution in [3.63, 3.8) is 0 Å². The van der Waals surface area contributed by atoms with Gasteiger partial charge in [-0.05, 0) is 17.9 Å². The molecule has 0 bridgehead atoms. The van der Waals surface area contributed by atoms with E-state index in [-0.39, 0.29) is 26.1 Å². The molecule has 3 atom stereocenters. The molecular formula is C21H31N3O7P-. The van der Waals surface area contributed by atoms with Gasteiger partial charge in [-0.1, -0.05) is 44.2 Å². The monoisotopic (exact) mass is 468 g/mol. The van der Waals surface area contributed by atoms with Crippen LogP contribution >= 0.6 is 7.67 Å². The molecule has 0 aromatic heterocycles. The molecule has 0 saturated carbocycles. The lowest BCUT2D eigenvalue weighted by Crippen LogP contribution is -2.50. The second-order valence-electron chi connectivity index (χ2n) is 8.17. The maximum atomic E-state index is 13.1. The third-order valence-electron chi connectivity index (χ3n) is 4.90. The minimum Gasteiger partial charge on any atom is -0.566 e. The molecule has 178 valence electrons. The average molecular weight is 468 g/mol. The molecule has 0 radical (unpaired) electrons. The van der Waals surface area contributed by atoms with Crippen LogP contribution < -0.4 is 10.4 Å². The Morgan fingerprint density at radius 2 is 1.97 bits per heavy atom. The number of methoxy groups -OCH3 is 1. The zero-order chi connectivity index (χ0) is 23.8. The Morgan fingerprint density at radius 1 is 1.28 bits per heavy atom. The van der Waals surface area contributed by atoms with Crippen LogP contribution in [0.4, 0.5) is 0 Å². The molecule has 1 fully saturated rings. The highest BCUT2D eigenvalue weighted by atomic mass is 31.2. The van der Waals surface area contributed by atoms with Crippen LogP contribution in [0.5, 0.6) is 0 Å². The largest absolute Gasteiger partial charge is 0.566 e. The second-order valence-corrected chi connectivity index (χ2v) is 9.96. The Labute approximate surface area is 188 Å². The Hall–Kier alpha value is -2.26. The number of rotatable bonds is 10. The summed E-state index contributed by atoms with van der Waals surface area (Å²) in [6.45, 7) is 5.32. The van der Waals surface area contributed by atoms with Crippen LogP contribution in [0.2, 0.25) is 0 Å². The molecule has 1 aliphatic rings. The molecule has 1 saturated heterocycles. The van der Waals surface area contributed by atoms with Crippen LogP contribution in [0.25, 0.3) is 5.09 Å². The molecule has 0 aliphatic carbocycles. The van der Waals surface area contributed by atoms with E-state index < -0.39 is 43.1 Å². The van der Waals surface area contributed by atoms with Crippen LogP contribution in [0.1, 0.15) is 32.8 Å². The summed E-state index contributed by atoms with van der Waals surface area (Å²) in [5, 5.41) is 9.25. The van der Waals surface area contributed by atoms with E-state index in [9.17, 15) is 18.9 Å². The summed E-state index contributed by atoms with van der Waals surface area (Å²) >= 11 is 0. The van der Waals surface area contributed by atoms with Crippen molar-refractivity contribution >= 4 is 25.5 Å². The van der Waals surface area contributed by atoms with E-state index in [4.69, 9.17) is 9.26 Å². The summed E-state index contributed by atoms with van der Waals surface area (Å²) < 4.78 is 28.5. The number of ether oxygens (including phenoxy) is 2. The quantitative estimate of drug-likeness (QED) is 0.395. The minimum absolute atomic E-state index is 0.00152. The van der Waals surface area contributed by atoms with Crippen molar-refractivity contribution in [2.75, 3.05) is 26.8 Å². The molecule has 1 aromatic carbocycles. The number of amides is 1. The Kier molecular flexibility index (Phi) is 9.39. The summed E-state index contributed by atoms with van der Waals surface area (Å²) in [6, 6.07) is 8.61. The third-order valence-corrected chi connectivity index (χ3v) is 6.63. The van der Waals surface area contributed by atoms with Gasteiger partial charge in [0.05, 0.1) is 20.1 Å². The van der Waals surface area contributed by atoms with E-state index in [0.717, 1.165) is 5.56 Å². The molecule has 10 nitrogen and oxygen atoms in total. The van der Waals surface area contributed by atoms with Crippen molar-refractivity contribution < 1.29 is 32.9 Å². The zero-order valence-electron chi connectivity index (χ0n) is 18.8. The molecule has 1 unspecified atom stereocenters. The van der Waals surface area contributed by atoms with Gasteiger partial charge in [-0.25, -0.2) is 5.09 Å². The van der Waals surface area contributed by atoms with E-state index in [2.05, 4.69) is 20.2 Å². The summed E-state index contributed by atoms with van der Waals surface area (Å²) in [5.41, 5.74) is 0.298. The van der Waals surface area contributed by atoms with Gasteiger partial charge in [-0.3, -0.25) is 18.9 Å². The molecule has 1 aromatic rings. The summed E-state index contributed by atoms with van der Waals surface area (Å²) in [7, 11) is -2.58. The molecule has 2 rings (SSSR count). The Morgan fingerprint density at radius 3 is 2.62 bits per heavy atom. The van der Waals surface area contributed by atoms with Crippen molar-refractivity contribution in [3.8, 4) is 0 Å². The lowest BCUT2D eigenvalue weighted by molar-refractivity contribution is -0.145. The SMILES string of the molecule is COC(=O)CCNC(=O)[C@@H]1OP(=O)(N[C@@H](C)C(=O)OCCc2ccccc2)[N-]CC1(C)C. The van der Waals surface area contributed by atoms with Crippen molar-refractivity contribution in [1.29, 1.82) is 0 Å². The maximum absolute atomic E-state index is 13.1. The highest BCUT2D eigenvalue weighted by Crippen LogP contribution is 2.57. The van der Waals surface area contributed by atoms with E-state index >= 15 is 0 Å². The molecule has 1 aliphatic heterocycles. The molecular weight excluding hydrogens is 437 g/mol. The molecule has 1 amide bonds. The summed E-state index contributed by atoms with van der Waals surface area (Å²) in [4.78, 5) is 36.1. The van der Waals surface area contributed by atoms with Crippen molar-refractivity contribution in [1.82, 2.24) is 10.4 Å². The van der Waals surface area contributed by atoms with E-state index in [1.807, 2.05) is 30.3 Å². The Balaban J connectivity index is 1.89. The van der Waals surface area contributed by atoms with E-state index in [0.29, 0.717) is 6.42 Å². The topological polar surface area (TPSA) is 134 Å². The molecule has 0 spiro atoms. The first-order valence-corrected chi connectivity index (χ1v) is 11.9. The van der Waals surface area contributed by atoms with Gasteiger partial charge in [0.2, 0.25) is 5.91 Å². The maximum Gasteiger partial charge on any atom is 0.323 e. The Bertz CT molecular complexity index is 847. The zero-order valence-corrected chi connectivity index (χ0v) is 19.7. The van der Waals surface area contributed by atoms with Gasteiger partial charge in [0.1, 0.15) is 12.1 Å². The van der Waals surface area contributed by atoms with Crippen LogP contribution in [0, 0.1) is 5.41 Å². The first kappa shape index (κ1) is 26.0. The van der Waals surface area contributed by atoms with Crippen molar-refractivity contribution in [2.24, 2.45) is 5.41 Å². The van der Waals surface area contributed by atoms with Crippen molar-refractivity contribution in [2.45, 2.75) is 45.8 Å². The molecule has 11 heteroatoms. The van der Waals surface area contributed by atoms with Crippen LogP contribution in [-0.4, -0.2) is 56.8 Å². The predicted molar refractivity (Wildman–Crippen MR) is 118 cm³/mol. The summed E-state index contributed by atoms with van der Waals surface area (Å²) in [6.07, 6.45) is -0.529. The van der Waals surface area contributed by atoms with Gasteiger partial charge in [0.15, 0.2) is 7.67 Å². The van der Waals surface area contributed by atoms with Gasteiger partial charge in [0.25, 0.3) is 0 Å².